The van der Waals surface area contributed by atoms with E-state index >= 15 is 0 Å². The molecule has 0 aliphatic rings. The maximum atomic E-state index is 12.7. The molecular formula is C19H17ClN2O3. The quantitative estimate of drug-likeness (QED) is 0.774. The molecule has 0 saturated heterocycles. The number of para-hydroxylation sites is 1. The zero-order valence-electron chi connectivity index (χ0n) is 13.9. The summed E-state index contributed by atoms with van der Waals surface area (Å²) in [4.78, 5) is 25.9. The molecule has 5 nitrogen and oxygen atoms in total. The summed E-state index contributed by atoms with van der Waals surface area (Å²) in [5.74, 6) is -1.24. The van der Waals surface area contributed by atoms with E-state index in [1.54, 1.807) is 42.9 Å². The van der Waals surface area contributed by atoms with Crippen LogP contribution in [0.5, 0.6) is 0 Å². The first-order valence-electron chi connectivity index (χ1n) is 7.72. The van der Waals surface area contributed by atoms with Gasteiger partial charge in [-0.05, 0) is 30.3 Å². The van der Waals surface area contributed by atoms with Crippen LogP contribution in [-0.2, 0) is 18.3 Å². The number of likely N-dealkylation sites (N-methyl/N-ethyl adjacent to an activating group) is 1. The number of halogens is 1. The molecule has 0 spiro atoms. The second-order valence-electron chi connectivity index (χ2n) is 5.81. The number of carboxylic acid groups (broad SMARTS) is 1. The third-order valence-electron chi connectivity index (χ3n) is 4.33. The Kier molecular flexibility index (Phi) is 4.51. The molecule has 3 rings (SSSR count). The second kappa shape index (κ2) is 6.61. The van der Waals surface area contributed by atoms with E-state index in [0.717, 1.165) is 10.9 Å². The lowest BCUT2D eigenvalue weighted by Gasteiger charge is -2.17. The fraction of sp³-hybridized carbons (Fsp3) is 0.158. The van der Waals surface area contributed by atoms with Gasteiger partial charge in [-0.15, -0.1) is 0 Å². The molecule has 1 heterocycles. The van der Waals surface area contributed by atoms with Gasteiger partial charge in [-0.25, -0.2) is 4.79 Å². The SMILES string of the molecule is CN(C(=O)Cc1c(C(=O)O)n(C)c2ccccc12)c1ccc(Cl)cc1. The van der Waals surface area contributed by atoms with E-state index in [1.807, 2.05) is 24.3 Å². The average Bonchev–Trinajstić information content (AvgIpc) is 2.87. The molecule has 0 radical (unpaired) electrons. The molecule has 0 unspecified atom stereocenters. The van der Waals surface area contributed by atoms with E-state index in [9.17, 15) is 14.7 Å². The van der Waals surface area contributed by atoms with E-state index in [2.05, 4.69) is 0 Å². The third-order valence-corrected chi connectivity index (χ3v) is 4.58. The van der Waals surface area contributed by atoms with Crippen LogP contribution in [0.4, 0.5) is 5.69 Å². The predicted octanol–water partition coefficient (Wildman–Crippen LogP) is 3.74. The molecule has 0 aliphatic heterocycles. The lowest BCUT2D eigenvalue weighted by atomic mass is 10.1. The number of amides is 1. The van der Waals surface area contributed by atoms with Crippen molar-refractivity contribution in [3.05, 3.63) is 64.8 Å². The van der Waals surface area contributed by atoms with Gasteiger partial charge in [0.25, 0.3) is 0 Å². The third kappa shape index (κ3) is 3.10. The molecule has 1 amide bonds. The topological polar surface area (TPSA) is 62.5 Å². The molecule has 0 saturated carbocycles. The minimum atomic E-state index is -1.05. The Morgan fingerprint density at radius 3 is 2.40 bits per heavy atom. The van der Waals surface area contributed by atoms with Crippen molar-refractivity contribution >= 4 is 40.1 Å². The number of carbonyl (C=O) groups excluding carboxylic acids is 1. The molecule has 6 heteroatoms. The van der Waals surface area contributed by atoms with Crippen molar-refractivity contribution in [1.82, 2.24) is 4.57 Å². The number of benzene rings is 2. The Hall–Kier alpha value is -2.79. The van der Waals surface area contributed by atoms with E-state index in [0.29, 0.717) is 16.3 Å². The second-order valence-corrected chi connectivity index (χ2v) is 6.25. The minimum absolute atomic E-state index is 0.00210. The van der Waals surface area contributed by atoms with Gasteiger partial charge in [0.1, 0.15) is 5.69 Å². The zero-order chi connectivity index (χ0) is 18.1. The van der Waals surface area contributed by atoms with E-state index in [4.69, 9.17) is 11.6 Å². The normalized spacial score (nSPS) is 10.8. The van der Waals surface area contributed by atoms with Crippen LogP contribution in [0.15, 0.2) is 48.5 Å². The number of hydrogen-bond acceptors (Lipinski definition) is 2. The van der Waals surface area contributed by atoms with Crippen molar-refractivity contribution in [3.63, 3.8) is 0 Å². The molecular weight excluding hydrogens is 340 g/mol. The number of nitrogens with zero attached hydrogens (tertiary/aromatic N) is 2. The fourth-order valence-corrected chi connectivity index (χ4v) is 3.13. The first-order chi connectivity index (χ1) is 11.9. The maximum absolute atomic E-state index is 12.7. The van der Waals surface area contributed by atoms with Crippen LogP contribution in [0.25, 0.3) is 10.9 Å². The maximum Gasteiger partial charge on any atom is 0.352 e. The van der Waals surface area contributed by atoms with Gasteiger partial charge in [-0.1, -0.05) is 29.8 Å². The number of aryl methyl sites for hydroxylation is 1. The van der Waals surface area contributed by atoms with Gasteiger partial charge in [0, 0.05) is 41.3 Å². The van der Waals surface area contributed by atoms with Crippen molar-refractivity contribution in [2.45, 2.75) is 6.42 Å². The summed E-state index contributed by atoms with van der Waals surface area (Å²) in [7, 11) is 3.36. The van der Waals surface area contributed by atoms with Gasteiger partial charge in [0.05, 0.1) is 6.42 Å². The molecule has 0 fully saturated rings. The van der Waals surface area contributed by atoms with Gasteiger partial charge in [-0.2, -0.15) is 0 Å². The molecule has 1 aromatic heterocycles. The lowest BCUT2D eigenvalue weighted by molar-refractivity contribution is -0.117. The predicted molar refractivity (Wildman–Crippen MR) is 98.4 cm³/mol. The average molecular weight is 357 g/mol. The van der Waals surface area contributed by atoms with Crippen molar-refractivity contribution in [2.75, 3.05) is 11.9 Å². The van der Waals surface area contributed by atoms with Crippen molar-refractivity contribution in [2.24, 2.45) is 7.05 Å². The van der Waals surface area contributed by atoms with Crippen molar-refractivity contribution in [3.8, 4) is 0 Å². The van der Waals surface area contributed by atoms with Crippen LogP contribution in [0, 0.1) is 0 Å². The molecule has 1 N–H and O–H groups in total. The number of carboxylic acids is 1. The first-order valence-corrected chi connectivity index (χ1v) is 8.09. The van der Waals surface area contributed by atoms with Crippen LogP contribution in [-0.4, -0.2) is 28.6 Å². The summed E-state index contributed by atoms with van der Waals surface area (Å²) in [5.41, 5.74) is 2.15. The highest BCUT2D eigenvalue weighted by Gasteiger charge is 2.23. The molecule has 0 atom stereocenters. The number of aromatic carboxylic acids is 1. The smallest absolute Gasteiger partial charge is 0.352 e. The molecule has 25 heavy (non-hydrogen) atoms. The van der Waals surface area contributed by atoms with E-state index in [1.165, 1.54) is 4.90 Å². The van der Waals surface area contributed by atoms with Crippen molar-refractivity contribution in [1.29, 1.82) is 0 Å². The number of anilines is 1. The Morgan fingerprint density at radius 1 is 1.12 bits per heavy atom. The van der Waals surface area contributed by atoms with Crippen molar-refractivity contribution < 1.29 is 14.7 Å². The van der Waals surface area contributed by atoms with Gasteiger partial charge in [0.2, 0.25) is 5.91 Å². The van der Waals surface area contributed by atoms with Crippen LogP contribution in [0.1, 0.15) is 16.1 Å². The van der Waals surface area contributed by atoms with Crippen LogP contribution < -0.4 is 4.90 Å². The summed E-state index contributed by atoms with van der Waals surface area (Å²) < 4.78 is 1.61. The van der Waals surface area contributed by atoms with E-state index in [-0.39, 0.29) is 18.0 Å². The number of hydrogen-bond donors (Lipinski definition) is 1. The monoisotopic (exact) mass is 356 g/mol. The molecule has 128 valence electrons. The Morgan fingerprint density at radius 2 is 1.76 bits per heavy atom. The summed E-state index contributed by atoms with van der Waals surface area (Å²) in [5, 5.41) is 11.0. The van der Waals surface area contributed by atoms with Crippen LogP contribution >= 0.6 is 11.6 Å². The Bertz CT molecular complexity index is 961. The summed E-state index contributed by atoms with van der Waals surface area (Å²) >= 11 is 5.88. The fourth-order valence-electron chi connectivity index (χ4n) is 3.00. The van der Waals surface area contributed by atoms with E-state index < -0.39 is 5.97 Å². The number of aromatic nitrogens is 1. The number of fused-ring (bicyclic) bond motifs is 1. The highest BCUT2D eigenvalue weighted by Crippen LogP contribution is 2.27. The molecule has 2 aromatic carbocycles. The van der Waals surface area contributed by atoms with Gasteiger partial charge in [-0.3, -0.25) is 4.79 Å². The Balaban J connectivity index is 1.99. The molecule has 0 bridgehead atoms. The highest BCUT2D eigenvalue weighted by molar-refractivity contribution is 6.30. The minimum Gasteiger partial charge on any atom is -0.477 e. The lowest BCUT2D eigenvalue weighted by Crippen LogP contribution is -2.28. The highest BCUT2D eigenvalue weighted by atomic mass is 35.5. The largest absolute Gasteiger partial charge is 0.477 e. The molecule has 3 aromatic rings. The van der Waals surface area contributed by atoms with Gasteiger partial charge >= 0.3 is 5.97 Å². The number of rotatable bonds is 4. The first kappa shape index (κ1) is 17.0. The zero-order valence-corrected chi connectivity index (χ0v) is 14.6. The Labute approximate surface area is 150 Å². The number of carbonyl (C=O) groups is 2. The molecule has 0 aliphatic carbocycles. The summed E-state index contributed by atoms with van der Waals surface area (Å²) in [6, 6.07) is 14.3. The summed E-state index contributed by atoms with van der Waals surface area (Å²) in [6.45, 7) is 0. The van der Waals surface area contributed by atoms with Gasteiger partial charge < -0.3 is 14.6 Å². The standard InChI is InChI=1S/C19H17ClN2O3/c1-21(13-9-7-12(20)8-10-13)17(23)11-15-14-5-3-4-6-16(14)22(2)18(15)19(24)25/h3-10H,11H2,1-2H3,(H,24,25). The summed E-state index contributed by atoms with van der Waals surface area (Å²) in [6.07, 6.45) is 0.00210. The van der Waals surface area contributed by atoms with Crippen LogP contribution in [0.2, 0.25) is 5.02 Å². The van der Waals surface area contributed by atoms with Crippen LogP contribution in [0.3, 0.4) is 0 Å². The van der Waals surface area contributed by atoms with Gasteiger partial charge in [0.15, 0.2) is 0 Å².